The molecule has 0 unspecified atom stereocenters. The van der Waals surface area contributed by atoms with Crippen LogP contribution in [0, 0.1) is 11.8 Å². The Balaban J connectivity index is 1.53. The van der Waals surface area contributed by atoms with Crippen molar-refractivity contribution < 1.29 is 38.0 Å². The predicted octanol–water partition coefficient (Wildman–Crippen LogP) is 3.46. The first-order valence-corrected chi connectivity index (χ1v) is 10.6. The maximum Gasteiger partial charge on any atom is 0.344 e. The minimum atomic E-state index is -0.617. The van der Waals surface area contributed by atoms with Crippen LogP contribution in [0.25, 0.3) is 0 Å². The fourth-order valence-corrected chi connectivity index (χ4v) is 4.18. The van der Waals surface area contributed by atoms with Crippen LogP contribution in [0.4, 0.5) is 0 Å². The molecule has 8 nitrogen and oxygen atoms in total. The summed E-state index contributed by atoms with van der Waals surface area (Å²) in [6, 6.07) is 0. The summed E-state index contributed by atoms with van der Waals surface area (Å²) in [6.07, 6.45) is 10.8. The molecule has 0 N–H and O–H groups in total. The van der Waals surface area contributed by atoms with Crippen LogP contribution >= 0.6 is 0 Å². The SMILES string of the molecule is C=COCOCOCOC1CCC(C2CCC(OC(=O)COC(=O)C=C)CC2)CC1. The highest BCUT2D eigenvalue weighted by Crippen LogP contribution is 2.39. The van der Waals surface area contributed by atoms with Gasteiger partial charge in [-0.2, -0.15) is 0 Å². The van der Waals surface area contributed by atoms with Gasteiger partial charge in [0, 0.05) is 6.08 Å². The van der Waals surface area contributed by atoms with E-state index in [1.807, 2.05) is 0 Å². The molecule has 0 heterocycles. The second-order valence-corrected chi connectivity index (χ2v) is 7.64. The molecule has 2 aliphatic rings. The van der Waals surface area contributed by atoms with Crippen molar-refractivity contribution >= 4 is 11.9 Å². The van der Waals surface area contributed by atoms with Crippen LogP contribution in [-0.2, 0) is 38.0 Å². The third-order valence-corrected chi connectivity index (χ3v) is 5.72. The lowest BCUT2D eigenvalue weighted by molar-refractivity contribution is -0.176. The Kier molecular flexibility index (Phi) is 11.5. The third kappa shape index (κ3) is 9.28. The summed E-state index contributed by atoms with van der Waals surface area (Å²) < 4.78 is 31.1. The van der Waals surface area contributed by atoms with Crippen LogP contribution in [0.3, 0.4) is 0 Å². The van der Waals surface area contributed by atoms with Gasteiger partial charge in [-0.15, -0.1) is 0 Å². The van der Waals surface area contributed by atoms with Crippen molar-refractivity contribution in [2.45, 2.75) is 63.6 Å². The summed E-state index contributed by atoms with van der Waals surface area (Å²) in [6.45, 7) is 6.84. The van der Waals surface area contributed by atoms with E-state index in [4.69, 9.17) is 28.4 Å². The standard InChI is InChI=1S/C22H34O8/c1-3-21(23)28-13-22(24)30-20-11-7-18(8-12-20)17-5-9-19(10-6-17)29-16-27-15-26-14-25-4-2/h3-4,17-20H,1-2,5-16H2. The van der Waals surface area contributed by atoms with Gasteiger partial charge in [0.15, 0.2) is 20.2 Å². The number of esters is 2. The molecule has 0 aromatic heterocycles. The molecule has 8 heteroatoms. The molecule has 2 saturated carbocycles. The third-order valence-electron chi connectivity index (χ3n) is 5.72. The summed E-state index contributed by atoms with van der Waals surface area (Å²) in [4.78, 5) is 22.7. The van der Waals surface area contributed by atoms with Crippen molar-refractivity contribution in [2.75, 3.05) is 27.0 Å². The van der Waals surface area contributed by atoms with E-state index in [2.05, 4.69) is 13.2 Å². The van der Waals surface area contributed by atoms with E-state index in [0.717, 1.165) is 57.4 Å². The molecule has 2 fully saturated rings. The van der Waals surface area contributed by atoms with E-state index < -0.39 is 11.9 Å². The van der Waals surface area contributed by atoms with Crippen LogP contribution < -0.4 is 0 Å². The lowest BCUT2D eigenvalue weighted by Gasteiger charge is -2.37. The Morgan fingerprint density at radius 1 is 0.800 bits per heavy atom. The van der Waals surface area contributed by atoms with Gasteiger partial charge in [-0.25, -0.2) is 9.59 Å². The molecule has 0 aliphatic heterocycles. The Morgan fingerprint density at radius 3 is 2.00 bits per heavy atom. The normalized spacial score (nSPS) is 26.4. The molecule has 170 valence electrons. The fourth-order valence-electron chi connectivity index (χ4n) is 4.18. The molecule has 0 bridgehead atoms. The average Bonchev–Trinajstić information content (AvgIpc) is 2.78. The van der Waals surface area contributed by atoms with E-state index in [0.29, 0.717) is 11.8 Å². The highest BCUT2D eigenvalue weighted by atomic mass is 16.8. The highest BCUT2D eigenvalue weighted by molar-refractivity contribution is 5.83. The van der Waals surface area contributed by atoms with E-state index in [1.165, 1.54) is 6.26 Å². The van der Waals surface area contributed by atoms with Crippen molar-refractivity contribution in [3.05, 3.63) is 25.5 Å². The Hall–Kier alpha value is -1.90. The van der Waals surface area contributed by atoms with Gasteiger partial charge in [-0.3, -0.25) is 0 Å². The predicted molar refractivity (Wildman–Crippen MR) is 108 cm³/mol. The summed E-state index contributed by atoms with van der Waals surface area (Å²) in [7, 11) is 0. The van der Waals surface area contributed by atoms with Crippen LogP contribution in [0.2, 0.25) is 0 Å². The van der Waals surface area contributed by atoms with Gasteiger partial charge in [0.2, 0.25) is 0 Å². The van der Waals surface area contributed by atoms with E-state index >= 15 is 0 Å². The van der Waals surface area contributed by atoms with Gasteiger partial charge in [-0.05, 0) is 63.2 Å². The number of rotatable bonds is 13. The van der Waals surface area contributed by atoms with E-state index in [1.54, 1.807) is 0 Å². The first kappa shape index (κ1) is 24.4. The highest BCUT2D eigenvalue weighted by Gasteiger charge is 2.32. The lowest BCUT2D eigenvalue weighted by atomic mass is 9.72. The smallest absolute Gasteiger partial charge is 0.344 e. The summed E-state index contributed by atoms with van der Waals surface area (Å²) in [5.74, 6) is 0.268. The molecule has 0 aromatic carbocycles. The topological polar surface area (TPSA) is 89.5 Å². The van der Waals surface area contributed by atoms with Crippen LogP contribution in [0.1, 0.15) is 51.4 Å². The second kappa shape index (κ2) is 14.2. The molecule has 2 rings (SSSR count). The van der Waals surface area contributed by atoms with Gasteiger partial charge < -0.3 is 28.4 Å². The molecule has 0 aromatic rings. The molecule has 30 heavy (non-hydrogen) atoms. The number of hydrogen-bond acceptors (Lipinski definition) is 8. The monoisotopic (exact) mass is 426 g/mol. The number of carbonyl (C=O) groups excluding carboxylic acids is 2. The van der Waals surface area contributed by atoms with Crippen molar-refractivity contribution in [3.8, 4) is 0 Å². The molecular weight excluding hydrogens is 392 g/mol. The van der Waals surface area contributed by atoms with Gasteiger partial charge in [0.1, 0.15) is 12.9 Å². The molecule has 0 radical (unpaired) electrons. The Bertz CT molecular complexity index is 533. The molecule has 0 spiro atoms. The molecular formula is C22H34O8. The number of carbonyl (C=O) groups is 2. The Morgan fingerprint density at radius 2 is 1.40 bits per heavy atom. The first-order chi connectivity index (χ1) is 14.6. The van der Waals surface area contributed by atoms with Crippen molar-refractivity contribution in [1.82, 2.24) is 0 Å². The Labute approximate surface area is 178 Å². The van der Waals surface area contributed by atoms with Crippen molar-refractivity contribution in [2.24, 2.45) is 11.8 Å². The van der Waals surface area contributed by atoms with Gasteiger partial charge in [0.25, 0.3) is 0 Å². The summed E-state index contributed by atoms with van der Waals surface area (Å²) in [5.41, 5.74) is 0. The minimum Gasteiger partial charge on any atom is -0.476 e. The number of ether oxygens (including phenoxy) is 6. The molecule has 2 aliphatic carbocycles. The quantitative estimate of drug-likeness (QED) is 0.145. The minimum absolute atomic E-state index is 0.0768. The van der Waals surface area contributed by atoms with Gasteiger partial charge >= 0.3 is 11.9 Å². The second-order valence-electron chi connectivity index (χ2n) is 7.64. The van der Waals surface area contributed by atoms with Crippen LogP contribution in [0.15, 0.2) is 25.5 Å². The molecule has 0 saturated heterocycles. The first-order valence-electron chi connectivity index (χ1n) is 10.6. The maximum atomic E-state index is 11.7. The summed E-state index contributed by atoms with van der Waals surface area (Å²) >= 11 is 0. The van der Waals surface area contributed by atoms with Crippen LogP contribution in [-0.4, -0.2) is 51.1 Å². The zero-order valence-electron chi connectivity index (χ0n) is 17.6. The van der Waals surface area contributed by atoms with E-state index in [-0.39, 0.29) is 39.2 Å². The maximum absolute atomic E-state index is 11.7. The zero-order chi connectivity index (χ0) is 21.6. The summed E-state index contributed by atoms with van der Waals surface area (Å²) in [5, 5.41) is 0. The van der Waals surface area contributed by atoms with Crippen molar-refractivity contribution in [3.63, 3.8) is 0 Å². The average molecular weight is 427 g/mol. The van der Waals surface area contributed by atoms with Gasteiger partial charge in [0.05, 0.1) is 12.4 Å². The van der Waals surface area contributed by atoms with Crippen LogP contribution in [0.5, 0.6) is 0 Å². The molecule has 0 amide bonds. The largest absolute Gasteiger partial charge is 0.476 e. The van der Waals surface area contributed by atoms with Gasteiger partial charge in [-0.1, -0.05) is 13.2 Å². The van der Waals surface area contributed by atoms with Crippen molar-refractivity contribution in [1.29, 1.82) is 0 Å². The fraction of sp³-hybridized carbons (Fsp3) is 0.727. The van der Waals surface area contributed by atoms with E-state index in [9.17, 15) is 9.59 Å². The zero-order valence-corrected chi connectivity index (χ0v) is 17.6. The number of hydrogen-bond donors (Lipinski definition) is 0. The molecule has 0 atom stereocenters. The lowest BCUT2D eigenvalue weighted by Crippen LogP contribution is -2.32.